The van der Waals surface area contributed by atoms with Crippen molar-refractivity contribution in [3.63, 3.8) is 0 Å². The van der Waals surface area contributed by atoms with Crippen LogP contribution in [-0.2, 0) is 6.61 Å². The molecule has 0 fully saturated rings. The summed E-state index contributed by atoms with van der Waals surface area (Å²) in [5.41, 5.74) is 2.71. The molecule has 3 aromatic carbocycles. The van der Waals surface area contributed by atoms with Crippen LogP contribution in [0.25, 0.3) is 6.08 Å². The number of ether oxygens (including phenoxy) is 2. The van der Waals surface area contributed by atoms with Crippen molar-refractivity contribution in [2.24, 2.45) is 0 Å². The molecule has 1 aliphatic heterocycles. The molecule has 146 valence electrons. The van der Waals surface area contributed by atoms with Gasteiger partial charge in [-0.2, -0.15) is 0 Å². The summed E-state index contributed by atoms with van der Waals surface area (Å²) in [6.45, 7) is 2.21. The van der Waals surface area contributed by atoms with Crippen LogP contribution in [0, 0.1) is 6.92 Å². The van der Waals surface area contributed by atoms with Crippen molar-refractivity contribution >= 4 is 46.7 Å². The van der Waals surface area contributed by atoms with Gasteiger partial charge >= 0.3 is 0 Å². The highest BCUT2D eigenvalue weighted by molar-refractivity contribution is 6.37. The first-order valence-electron chi connectivity index (χ1n) is 8.83. The van der Waals surface area contributed by atoms with E-state index in [0.29, 0.717) is 44.3 Å². The van der Waals surface area contributed by atoms with E-state index >= 15 is 0 Å². The van der Waals surface area contributed by atoms with E-state index in [1.807, 2.05) is 31.2 Å². The number of allylic oxidation sites excluding steroid dienone is 1. The molecule has 3 aromatic rings. The Morgan fingerprint density at radius 2 is 1.72 bits per heavy atom. The van der Waals surface area contributed by atoms with Gasteiger partial charge in [0.15, 0.2) is 5.76 Å². The molecule has 3 nitrogen and oxygen atoms in total. The summed E-state index contributed by atoms with van der Waals surface area (Å²) < 4.78 is 11.8. The Morgan fingerprint density at radius 3 is 2.45 bits per heavy atom. The molecule has 0 spiro atoms. The number of benzene rings is 3. The standard InChI is InChI=1S/C23H15Cl3O3/c1-13-20(28-12-14-4-2-5-15(24)10-14)9-8-16-22(27)21(29-23(13)16)11-17-18(25)6-3-7-19(17)26/h2-11H,12H2,1H3/b21-11-. The lowest BCUT2D eigenvalue weighted by Gasteiger charge is -2.11. The van der Waals surface area contributed by atoms with Gasteiger partial charge in [0.25, 0.3) is 0 Å². The molecular weight excluding hydrogens is 431 g/mol. The first-order chi connectivity index (χ1) is 13.9. The summed E-state index contributed by atoms with van der Waals surface area (Å²) in [5, 5.41) is 1.54. The fourth-order valence-corrected chi connectivity index (χ4v) is 3.81. The third-order valence-electron chi connectivity index (χ3n) is 4.60. The molecule has 0 aliphatic carbocycles. The first-order valence-corrected chi connectivity index (χ1v) is 9.96. The summed E-state index contributed by atoms with van der Waals surface area (Å²) in [6, 6.07) is 16.1. The monoisotopic (exact) mass is 444 g/mol. The van der Waals surface area contributed by atoms with Gasteiger partial charge < -0.3 is 9.47 Å². The summed E-state index contributed by atoms with van der Waals surface area (Å²) >= 11 is 18.4. The predicted molar refractivity (Wildman–Crippen MR) is 116 cm³/mol. The second kappa shape index (κ2) is 8.11. The van der Waals surface area contributed by atoms with Crippen LogP contribution in [0.3, 0.4) is 0 Å². The van der Waals surface area contributed by atoms with E-state index in [1.54, 1.807) is 36.4 Å². The van der Waals surface area contributed by atoms with Crippen LogP contribution in [0.15, 0.2) is 60.4 Å². The third-order valence-corrected chi connectivity index (χ3v) is 5.49. The highest BCUT2D eigenvalue weighted by Gasteiger charge is 2.30. The zero-order valence-electron chi connectivity index (χ0n) is 15.3. The molecule has 0 radical (unpaired) electrons. The van der Waals surface area contributed by atoms with Crippen molar-refractivity contribution in [2.75, 3.05) is 0 Å². The van der Waals surface area contributed by atoms with Crippen LogP contribution in [0.2, 0.25) is 15.1 Å². The predicted octanol–water partition coefficient (Wildman–Crippen LogP) is 7.15. The molecule has 0 unspecified atom stereocenters. The second-order valence-corrected chi connectivity index (χ2v) is 7.81. The van der Waals surface area contributed by atoms with Gasteiger partial charge in [0.2, 0.25) is 5.78 Å². The third kappa shape index (κ3) is 3.99. The van der Waals surface area contributed by atoms with Gasteiger partial charge in [-0.1, -0.05) is 53.0 Å². The van der Waals surface area contributed by atoms with Gasteiger partial charge in [-0.25, -0.2) is 0 Å². The van der Waals surface area contributed by atoms with Crippen LogP contribution in [-0.4, -0.2) is 5.78 Å². The minimum absolute atomic E-state index is 0.171. The number of hydrogen-bond donors (Lipinski definition) is 0. The Hall–Kier alpha value is -2.46. The number of carbonyl (C=O) groups is 1. The Balaban J connectivity index is 1.61. The van der Waals surface area contributed by atoms with Gasteiger partial charge in [0, 0.05) is 26.2 Å². The van der Waals surface area contributed by atoms with Gasteiger partial charge in [0.1, 0.15) is 18.1 Å². The quantitative estimate of drug-likeness (QED) is 0.400. The zero-order chi connectivity index (χ0) is 20.5. The molecule has 0 aromatic heterocycles. The van der Waals surface area contributed by atoms with E-state index in [0.717, 1.165) is 11.1 Å². The zero-order valence-corrected chi connectivity index (χ0v) is 17.6. The molecule has 4 rings (SSSR count). The number of fused-ring (bicyclic) bond motifs is 1. The SMILES string of the molecule is Cc1c(OCc2cccc(Cl)c2)ccc2c1O/C(=C\c1c(Cl)cccc1Cl)C2=O. The lowest BCUT2D eigenvalue weighted by molar-refractivity contribution is 0.101. The molecule has 0 atom stereocenters. The lowest BCUT2D eigenvalue weighted by atomic mass is 10.1. The normalized spacial score (nSPS) is 14.1. The van der Waals surface area contributed by atoms with Crippen molar-refractivity contribution in [3.05, 3.63) is 97.7 Å². The van der Waals surface area contributed by atoms with Crippen LogP contribution >= 0.6 is 34.8 Å². The Bertz CT molecular complexity index is 1130. The van der Waals surface area contributed by atoms with Crippen molar-refractivity contribution in [1.29, 1.82) is 0 Å². The fourth-order valence-electron chi connectivity index (χ4n) is 3.09. The topological polar surface area (TPSA) is 35.5 Å². The molecule has 0 saturated carbocycles. The van der Waals surface area contributed by atoms with E-state index in [2.05, 4.69) is 0 Å². The summed E-state index contributed by atoms with van der Waals surface area (Å²) in [4.78, 5) is 12.8. The number of hydrogen-bond acceptors (Lipinski definition) is 3. The van der Waals surface area contributed by atoms with Gasteiger partial charge in [-0.15, -0.1) is 0 Å². The summed E-state index contributed by atoms with van der Waals surface area (Å²) in [7, 11) is 0. The summed E-state index contributed by atoms with van der Waals surface area (Å²) in [6.07, 6.45) is 1.57. The van der Waals surface area contributed by atoms with Crippen molar-refractivity contribution in [3.8, 4) is 11.5 Å². The molecular formula is C23H15Cl3O3. The summed E-state index contributed by atoms with van der Waals surface area (Å²) in [5.74, 6) is 1.06. The Kier molecular flexibility index (Phi) is 5.55. The highest BCUT2D eigenvalue weighted by atomic mass is 35.5. The van der Waals surface area contributed by atoms with Crippen LogP contribution in [0.4, 0.5) is 0 Å². The highest BCUT2D eigenvalue weighted by Crippen LogP contribution is 2.40. The minimum Gasteiger partial charge on any atom is -0.488 e. The average Bonchev–Trinajstić information content (AvgIpc) is 3.01. The van der Waals surface area contributed by atoms with Gasteiger partial charge in [0.05, 0.1) is 5.56 Å². The number of halogens is 3. The molecule has 0 amide bonds. The molecule has 1 heterocycles. The average molecular weight is 446 g/mol. The van der Waals surface area contributed by atoms with Crippen molar-refractivity contribution in [1.82, 2.24) is 0 Å². The maximum absolute atomic E-state index is 12.8. The fraction of sp³-hybridized carbons (Fsp3) is 0.0870. The second-order valence-electron chi connectivity index (χ2n) is 6.56. The molecule has 6 heteroatoms. The van der Waals surface area contributed by atoms with Crippen molar-refractivity contribution < 1.29 is 14.3 Å². The largest absolute Gasteiger partial charge is 0.488 e. The van der Waals surface area contributed by atoms with Crippen LogP contribution in [0.1, 0.15) is 27.0 Å². The Morgan fingerprint density at radius 1 is 1.00 bits per heavy atom. The van der Waals surface area contributed by atoms with E-state index < -0.39 is 0 Å². The smallest absolute Gasteiger partial charge is 0.231 e. The first kappa shape index (κ1) is 19.8. The molecule has 1 aliphatic rings. The van der Waals surface area contributed by atoms with E-state index in [9.17, 15) is 4.79 Å². The van der Waals surface area contributed by atoms with Gasteiger partial charge in [-0.3, -0.25) is 4.79 Å². The maximum Gasteiger partial charge on any atom is 0.231 e. The van der Waals surface area contributed by atoms with E-state index in [4.69, 9.17) is 44.3 Å². The lowest BCUT2D eigenvalue weighted by Crippen LogP contribution is -1.98. The van der Waals surface area contributed by atoms with Crippen LogP contribution < -0.4 is 9.47 Å². The Labute approximate surface area is 183 Å². The minimum atomic E-state index is -0.222. The maximum atomic E-state index is 12.8. The van der Waals surface area contributed by atoms with Crippen LogP contribution in [0.5, 0.6) is 11.5 Å². The van der Waals surface area contributed by atoms with E-state index in [-0.39, 0.29) is 11.5 Å². The number of Topliss-reactive ketones (excluding diaryl/α,β-unsaturated/α-hetero) is 1. The molecule has 0 N–H and O–H groups in total. The number of rotatable bonds is 4. The number of ketones is 1. The molecule has 0 bridgehead atoms. The number of carbonyl (C=O) groups excluding carboxylic acids is 1. The van der Waals surface area contributed by atoms with E-state index in [1.165, 1.54) is 0 Å². The van der Waals surface area contributed by atoms with Crippen molar-refractivity contribution in [2.45, 2.75) is 13.5 Å². The molecule has 0 saturated heterocycles. The van der Waals surface area contributed by atoms with Gasteiger partial charge in [-0.05, 0) is 55.0 Å². The molecule has 29 heavy (non-hydrogen) atoms.